The molecule has 0 aliphatic rings. The zero-order valence-corrected chi connectivity index (χ0v) is 11.9. The Balaban J connectivity index is 3.36. The quantitative estimate of drug-likeness (QED) is 0.356. The van der Waals surface area contributed by atoms with Crippen LogP contribution in [0.1, 0.15) is 19.8 Å². The first kappa shape index (κ1) is 15.6. The topological polar surface area (TPSA) is 44.8 Å². The summed E-state index contributed by atoms with van der Waals surface area (Å²) in [6.07, 6.45) is 1.34. The average Bonchev–Trinajstić information content (AvgIpc) is 2.22. The SMILES string of the molecule is CCO[Si](C)(C)CCCOCCC(=O)OC. The molecular formula is C11H24O4Si. The van der Waals surface area contributed by atoms with Crippen LogP contribution in [0.4, 0.5) is 0 Å². The molecule has 0 amide bonds. The number of hydrogen-bond donors (Lipinski definition) is 0. The number of carbonyl (C=O) groups excluding carboxylic acids is 1. The van der Waals surface area contributed by atoms with E-state index >= 15 is 0 Å². The van der Waals surface area contributed by atoms with Gasteiger partial charge in [-0.15, -0.1) is 0 Å². The second-order valence-electron chi connectivity index (χ2n) is 4.23. The fraction of sp³-hybridized carbons (Fsp3) is 0.909. The van der Waals surface area contributed by atoms with Gasteiger partial charge in [0.05, 0.1) is 20.1 Å². The van der Waals surface area contributed by atoms with Crippen LogP contribution in [0.3, 0.4) is 0 Å². The van der Waals surface area contributed by atoms with Crippen LogP contribution in [0.2, 0.25) is 19.1 Å². The molecule has 16 heavy (non-hydrogen) atoms. The van der Waals surface area contributed by atoms with Crippen molar-refractivity contribution in [2.45, 2.75) is 38.9 Å². The highest BCUT2D eigenvalue weighted by Crippen LogP contribution is 2.13. The lowest BCUT2D eigenvalue weighted by Gasteiger charge is -2.21. The van der Waals surface area contributed by atoms with E-state index < -0.39 is 8.32 Å². The van der Waals surface area contributed by atoms with Crippen LogP contribution < -0.4 is 0 Å². The van der Waals surface area contributed by atoms with Gasteiger partial charge in [0, 0.05) is 13.2 Å². The van der Waals surface area contributed by atoms with Gasteiger partial charge in [0.1, 0.15) is 0 Å². The van der Waals surface area contributed by atoms with Crippen LogP contribution in [0, 0.1) is 0 Å². The molecule has 0 saturated heterocycles. The molecule has 4 nitrogen and oxygen atoms in total. The van der Waals surface area contributed by atoms with Crippen molar-refractivity contribution in [1.29, 1.82) is 0 Å². The van der Waals surface area contributed by atoms with Crippen molar-refractivity contribution in [3.63, 3.8) is 0 Å². The van der Waals surface area contributed by atoms with Crippen molar-refractivity contribution in [3.05, 3.63) is 0 Å². The van der Waals surface area contributed by atoms with Crippen LogP contribution in [0.15, 0.2) is 0 Å². The number of ether oxygens (including phenoxy) is 2. The molecule has 0 fully saturated rings. The van der Waals surface area contributed by atoms with E-state index in [1.54, 1.807) is 0 Å². The van der Waals surface area contributed by atoms with E-state index in [-0.39, 0.29) is 5.97 Å². The van der Waals surface area contributed by atoms with Gasteiger partial charge < -0.3 is 13.9 Å². The Hall–Kier alpha value is -0.393. The molecule has 0 bridgehead atoms. The maximum absolute atomic E-state index is 10.8. The van der Waals surface area contributed by atoms with E-state index in [4.69, 9.17) is 9.16 Å². The second-order valence-corrected chi connectivity index (χ2v) is 8.54. The predicted molar refractivity (Wildman–Crippen MR) is 66.0 cm³/mol. The molecule has 0 aliphatic heterocycles. The van der Waals surface area contributed by atoms with E-state index in [2.05, 4.69) is 17.8 Å². The lowest BCUT2D eigenvalue weighted by atomic mass is 10.4. The molecule has 0 aromatic rings. The Morgan fingerprint density at radius 3 is 2.50 bits per heavy atom. The number of esters is 1. The fourth-order valence-electron chi connectivity index (χ4n) is 1.42. The van der Waals surface area contributed by atoms with Crippen LogP contribution in [0.5, 0.6) is 0 Å². The van der Waals surface area contributed by atoms with E-state index in [1.807, 2.05) is 6.92 Å². The predicted octanol–water partition coefficient (Wildman–Crippen LogP) is 2.20. The lowest BCUT2D eigenvalue weighted by molar-refractivity contribution is -0.141. The second kappa shape index (κ2) is 8.72. The molecule has 0 N–H and O–H groups in total. The van der Waals surface area contributed by atoms with Gasteiger partial charge >= 0.3 is 5.97 Å². The van der Waals surface area contributed by atoms with E-state index in [0.717, 1.165) is 19.1 Å². The summed E-state index contributed by atoms with van der Waals surface area (Å²) < 4.78 is 15.6. The molecule has 0 heterocycles. The Morgan fingerprint density at radius 1 is 1.25 bits per heavy atom. The zero-order chi connectivity index (χ0) is 12.4. The number of methoxy groups -OCH3 is 1. The van der Waals surface area contributed by atoms with Crippen molar-refractivity contribution in [2.24, 2.45) is 0 Å². The highest BCUT2D eigenvalue weighted by Gasteiger charge is 2.20. The van der Waals surface area contributed by atoms with Gasteiger partial charge in [0.2, 0.25) is 0 Å². The summed E-state index contributed by atoms with van der Waals surface area (Å²) in [6, 6.07) is 1.10. The molecule has 0 spiro atoms. The lowest BCUT2D eigenvalue weighted by Crippen LogP contribution is -2.30. The minimum Gasteiger partial charge on any atom is -0.469 e. The zero-order valence-electron chi connectivity index (χ0n) is 10.9. The Kier molecular flexibility index (Phi) is 8.51. The third kappa shape index (κ3) is 8.88. The third-order valence-electron chi connectivity index (χ3n) is 2.28. The van der Waals surface area contributed by atoms with Gasteiger partial charge in [-0.1, -0.05) is 0 Å². The van der Waals surface area contributed by atoms with E-state index in [0.29, 0.717) is 19.6 Å². The first-order chi connectivity index (χ1) is 7.52. The van der Waals surface area contributed by atoms with Crippen LogP contribution in [-0.4, -0.2) is 41.2 Å². The van der Waals surface area contributed by atoms with Crippen molar-refractivity contribution < 1.29 is 18.7 Å². The van der Waals surface area contributed by atoms with E-state index in [9.17, 15) is 4.79 Å². The summed E-state index contributed by atoms with van der Waals surface area (Å²) in [5.41, 5.74) is 0. The summed E-state index contributed by atoms with van der Waals surface area (Å²) in [5, 5.41) is 0. The number of hydrogen-bond acceptors (Lipinski definition) is 4. The molecular weight excluding hydrogens is 224 g/mol. The summed E-state index contributed by atoms with van der Waals surface area (Å²) in [4.78, 5) is 10.8. The van der Waals surface area contributed by atoms with Gasteiger partial charge in [-0.3, -0.25) is 4.79 Å². The number of rotatable bonds is 9. The first-order valence-corrected chi connectivity index (χ1v) is 8.92. The van der Waals surface area contributed by atoms with Gasteiger partial charge in [-0.05, 0) is 32.5 Å². The molecule has 0 rings (SSSR count). The van der Waals surface area contributed by atoms with Gasteiger partial charge in [-0.2, -0.15) is 0 Å². The number of carbonyl (C=O) groups is 1. The summed E-state index contributed by atoms with van der Waals surface area (Å²) in [6.45, 7) is 8.39. The molecule has 0 aliphatic carbocycles. The van der Waals surface area contributed by atoms with Gasteiger partial charge in [-0.25, -0.2) is 0 Å². The highest BCUT2D eigenvalue weighted by molar-refractivity contribution is 6.71. The maximum Gasteiger partial charge on any atom is 0.307 e. The average molecular weight is 248 g/mol. The van der Waals surface area contributed by atoms with Crippen molar-refractivity contribution in [1.82, 2.24) is 0 Å². The summed E-state index contributed by atoms with van der Waals surface area (Å²) >= 11 is 0. The molecule has 0 unspecified atom stereocenters. The first-order valence-electron chi connectivity index (χ1n) is 5.80. The molecule has 5 heteroatoms. The fourth-order valence-corrected chi connectivity index (χ4v) is 3.34. The van der Waals surface area contributed by atoms with Crippen LogP contribution in [-0.2, 0) is 18.7 Å². The van der Waals surface area contributed by atoms with E-state index in [1.165, 1.54) is 7.11 Å². The van der Waals surface area contributed by atoms with Crippen molar-refractivity contribution in [3.8, 4) is 0 Å². The third-order valence-corrected chi connectivity index (χ3v) is 4.91. The highest BCUT2D eigenvalue weighted by atomic mass is 28.4. The smallest absolute Gasteiger partial charge is 0.307 e. The Labute approximate surface area is 99.4 Å². The summed E-state index contributed by atoms with van der Waals surface area (Å²) in [7, 11) is -0.0764. The van der Waals surface area contributed by atoms with Crippen LogP contribution >= 0.6 is 0 Å². The molecule has 0 atom stereocenters. The molecule has 0 radical (unpaired) electrons. The molecule has 0 aromatic heterocycles. The van der Waals surface area contributed by atoms with Crippen LogP contribution in [0.25, 0.3) is 0 Å². The summed E-state index contributed by atoms with van der Waals surface area (Å²) in [5.74, 6) is -0.218. The van der Waals surface area contributed by atoms with Crippen molar-refractivity contribution in [2.75, 3.05) is 26.9 Å². The van der Waals surface area contributed by atoms with Gasteiger partial charge in [0.25, 0.3) is 0 Å². The normalized spacial score (nSPS) is 11.5. The van der Waals surface area contributed by atoms with Crippen molar-refractivity contribution >= 4 is 14.3 Å². The Morgan fingerprint density at radius 2 is 1.94 bits per heavy atom. The Bertz CT molecular complexity index is 194. The van der Waals surface area contributed by atoms with Gasteiger partial charge in [0.15, 0.2) is 8.32 Å². The molecule has 96 valence electrons. The monoisotopic (exact) mass is 248 g/mol. The minimum atomic E-state index is -1.46. The largest absolute Gasteiger partial charge is 0.469 e. The molecule has 0 saturated carbocycles. The standard InChI is InChI=1S/C11H24O4Si/c1-5-15-16(3,4)10-6-8-14-9-7-11(12)13-2/h5-10H2,1-4H3. The molecule has 0 aromatic carbocycles. The maximum atomic E-state index is 10.8. The minimum absolute atomic E-state index is 0.218.